The van der Waals surface area contributed by atoms with Gasteiger partial charge in [-0.2, -0.15) is 0 Å². The Labute approximate surface area is 195 Å². The van der Waals surface area contributed by atoms with Gasteiger partial charge < -0.3 is 0 Å². The lowest BCUT2D eigenvalue weighted by molar-refractivity contribution is 0.714. The smallest absolute Gasteiger partial charge is 0.234 e. The molecule has 0 bridgehead atoms. The molecule has 0 fully saturated rings. The maximum Gasteiger partial charge on any atom is 0.234 e. The topological polar surface area (TPSA) is 60.9 Å². The van der Waals surface area contributed by atoms with Crippen LogP contribution < -0.4 is 0 Å². The Morgan fingerprint density at radius 2 is 1.72 bits per heavy atom. The highest BCUT2D eigenvalue weighted by Crippen LogP contribution is 2.31. The summed E-state index contributed by atoms with van der Waals surface area (Å²) in [5.74, 6) is 2.14. The van der Waals surface area contributed by atoms with E-state index < -0.39 is 0 Å². The fourth-order valence-electron chi connectivity index (χ4n) is 3.67. The van der Waals surface area contributed by atoms with Crippen molar-refractivity contribution in [3.63, 3.8) is 0 Å². The first kappa shape index (κ1) is 20.7. The number of halogens is 1. The Bertz CT molecular complexity index is 1390. The molecule has 2 aromatic carbocycles. The average Bonchev–Trinajstić information content (AvgIpc) is 3.37. The van der Waals surface area contributed by atoms with Gasteiger partial charge in [0.2, 0.25) is 5.78 Å². The highest BCUT2D eigenvalue weighted by molar-refractivity contribution is 7.98. The number of hydrogen-bond acceptors (Lipinski definition) is 5. The van der Waals surface area contributed by atoms with Gasteiger partial charge in [0.25, 0.3) is 0 Å². The van der Waals surface area contributed by atoms with Crippen molar-refractivity contribution in [1.29, 1.82) is 0 Å². The molecule has 8 heteroatoms. The van der Waals surface area contributed by atoms with Gasteiger partial charge in [0.05, 0.1) is 17.3 Å². The van der Waals surface area contributed by atoms with Crippen LogP contribution in [0, 0.1) is 13.8 Å². The van der Waals surface area contributed by atoms with Crippen LogP contribution in [0.4, 0.5) is 0 Å². The third-order valence-corrected chi connectivity index (χ3v) is 6.51. The van der Waals surface area contributed by atoms with E-state index in [1.807, 2.05) is 60.0 Å². The average molecular weight is 461 g/mol. The normalized spacial score (nSPS) is 11.3. The molecule has 0 aliphatic carbocycles. The first-order valence-electron chi connectivity index (χ1n) is 10.3. The lowest BCUT2D eigenvalue weighted by Crippen LogP contribution is -2.04. The van der Waals surface area contributed by atoms with E-state index >= 15 is 0 Å². The van der Waals surface area contributed by atoms with Crippen LogP contribution in [0.15, 0.2) is 72.0 Å². The van der Waals surface area contributed by atoms with E-state index in [4.69, 9.17) is 16.6 Å². The van der Waals surface area contributed by atoms with Crippen molar-refractivity contribution >= 4 is 29.1 Å². The van der Waals surface area contributed by atoms with Gasteiger partial charge >= 0.3 is 0 Å². The number of fused-ring (bicyclic) bond motifs is 1. The van der Waals surface area contributed by atoms with Gasteiger partial charge in [-0.3, -0.25) is 8.97 Å². The van der Waals surface area contributed by atoms with Gasteiger partial charge in [0.15, 0.2) is 11.0 Å². The number of hydrogen-bond donors (Lipinski definition) is 0. The van der Waals surface area contributed by atoms with Crippen LogP contribution >= 0.6 is 23.4 Å². The molecular weight excluding hydrogens is 440 g/mol. The molecule has 160 valence electrons. The second kappa shape index (κ2) is 8.76. The summed E-state index contributed by atoms with van der Waals surface area (Å²) in [6.07, 6.45) is 2.04. The molecule has 5 rings (SSSR count). The molecule has 0 aliphatic rings. The van der Waals surface area contributed by atoms with E-state index in [1.165, 1.54) is 5.56 Å². The number of aryl methyl sites for hydroxylation is 2. The predicted molar refractivity (Wildman–Crippen MR) is 128 cm³/mol. The molecule has 0 saturated carbocycles. The van der Waals surface area contributed by atoms with Gasteiger partial charge in [0.1, 0.15) is 0 Å². The van der Waals surface area contributed by atoms with Gasteiger partial charge in [-0.05, 0) is 37.6 Å². The SMILES string of the molecule is Cc1cc(C)n2cc(CSc3nnc(-c4ccccc4Cl)n3Cc3ccccc3)nc2n1. The van der Waals surface area contributed by atoms with E-state index in [1.54, 1.807) is 11.8 Å². The van der Waals surface area contributed by atoms with Crippen molar-refractivity contribution in [2.45, 2.75) is 31.3 Å². The quantitative estimate of drug-likeness (QED) is 0.309. The molecule has 0 unspecified atom stereocenters. The fraction of sp³-hybridized carbons (Fsp3) is 0.167. The Hall–Kier alpha value is -3.16. The summed E-state index contributed by atoms with van der Waals surface area (Å²) in [6.45, 7) is 4.70. The van der Waals surface area contributed by atoms with Crippen molar-refractivity contribution in [2.75, 3.05) is 0 Å². The van der Waals surface area contributed by atoms with Crippen molar-refractivity contribution in [3.05, 3.63) is 94.5 Å². The fourth-order valence-corrected chi connectivity index (χ4v) is 4.71. The zero-order chi connectivity index (χ0) is 22.1. The monoisotopic (exact) mass is 460 g/mol. The summed E-state index contributed by atoms with van der Waals surface area (Å²) in [7, 11) is 0. The van der Waals surface area contributed by atoms with Crippen LogP contribution in [0.2, 0.25) is 5.02 Å². The number of rotatable bonds is 6. The third-order valence-electron chi connectivity index (χ3n) is 5.18. The van der Waals surface area contributed by atoms with Crippen molar-refractivity contribution < 1.29 is 0 Å². The summed E-state index contributed by atoms with van der Waals surface area (Å²) < 4.78 is 4.14. The summed E-state index contributed by atoms with van der Waals surface area (Å²) >= 11 is 8.09. The highest BCUT2D eigenvalue weighted by atomic mass is 35.5. The minimum atomic E-state index is 0.655. The van der Waals surface area contributed by atoms with E-state index in [0.29, 0.717) is 17.3 Å². The second-order valence-corrected chi connectivity index (χ2v) is 8.94. The third kappa shape index (κ3) is 4.13. The Kier molecular flexibility index (Phi) is 5.68. The molecule has 0 atom stereocenters. The molecule has 0 radical (unpaired) electrons. The first-order valence-corrected chi connectivity index (χ1v) is 11.6. The zero-order valence-corrected chi connectivity index (χ0v) is 19.3. The van der Waals surface area contributed by atoms with Crippen molar-refractivity contribution in [3.8, 4) is 11.4 Å². The minimum Gasteiger partial charge on any atom is -0.297 e. The number of imidazole rings is 1. The Morgan fingerprint density at radius 3 is 2.53 bits per heavy atom. The molecule has 0 amide bonds. The number of thioether (sulfide) groups is 1. The van der Waals surface area contributed by atoms with Gasteiger partial charge in [-0.15, -0.1) is 10.2 Å². The molecule has 3 heterocycles. The van der Waals surface area contributed by atoms with Crippen LogP contribution in [0.1, 0.15) is 22.6 Å². The molecule has 0 saturated heterocycles. The van der Waals surface area contributed by atoms with Crippen molar-refractivity contribution in [2.24, 2.45) is 0 Å². The molecule has 3 aromatic heterocycles. The zero-order valence-electron chi connectivity index (χ0n) is 17.7. The molecule has 6 nitrogen and oxygen atoms in total. The largest absolute Gasteiger partial charge is 0.297 e. The van der Waals surface area contributed by atoms with E-state index in [2.05, 4.69) is 44.9 Å². The van der Waals surface area contributed by atoms with Crippen LogP contribution in [0.3, 0.4) is 0 Å². The lowest BCUT2D eigenvalue weighted by Gasteiger charge is -2.11. The molecular formula is C24H21ClN6S. The summed E-state index contributed by atoms with van der Waals surface area (Å²) in [6, 6.07) is 20.1. The molecule has 5 aromatic rings. The number of aromatic nitrogens is 6. The maximum atomic E-state index is 6.48. The Balaban J connectivity index is 1.48. The summed E-state index contributed by atoms with van der Waals surface area (Å²) in [4.78, 5) is 9.23. The Morgan fingerprint density at radius 1 is 0.938 bits per heavy atom. The molecule has 0 aliphatic heterocycles. The standard InChI is InChI=1S/C24H21ClN6S/c1-16-12-17(2)30-14-19(27-23(30)26-16)15-32-24-29-28-22(20-10-6-7-11-21(20)25)31(24)13-18-8-4-3-5-9-18/h3-12,14H,13,15H2,1-2H3. The molecule has 0 N–H and O–H groups in total. The van der Waals surface area contributed by atoms with Crippen molar-refractivity contribution in [1.82, 2.24) is 29.1 Å². The van der Waals surface area contributed by atoms with Gasteiger partial charge in [0, 0.05) is 28.9 Å². The van der Waals surface area contributed by atoms with E-state index in [-0.39, 0.29) is 0 Å². The maximum absolute atomic E-state index is 6.48. The number of benzene rings is 2. The highest BCUT2D eigenvalue weighted by Gasteiger charge is 2.17. The van der Waals surface area contributed by atoms with Crippen LogP contribution in [-0.4, -0.2) is 29.1 Å². The minimum absolute atomic E-state index is 0.655. The van der Waals surface area contributed by atoms with Crippen LogP contribution in [-0.2, 0) is 12.3 Å². The van der Waals surface area contributed by atoms with Gasteiger partial charge in [-0.25, -0.2) is 9.97 Å². The number of nitrogens with zero attached hydrogens (tertiary/aromatic N) is 6. The van der Waals surface area contributed by atoms with E-state index in [0.717, 1.165) is 39.4 Å². The molecule has 0 spiro atoms. The summed E-state index contributed by atoms with van der Waals surface area (Å²) in [5.41, 5.74) is 5.07. The van der Waals surface area contributed by atoms with Crippen LogP contribution in [0.25, 0.3) is 17.2 Å². The van der Waals surface area contributed by atoms with E-state index in [9.17, 15) is 0 Å². The van der Waals surface area contributed by atoms with Gasteiger partial charge in [-0.1, -0.05) is 65.8 Å². The first-order chi connectivity index (χ1) is 15.6. The predicted octanol–water partition coefficient (Wildman–Crippen LogP) is 5.60. The molecule has 32 heavy (non-hydrogen) atoms. The lowest BCUT2D eigenvalue weighted by atomic mass is 10.2. The van der Waals surface area contributed by atoms with Crippen LogP contribution in [0.5, 0.6) is 0 Å². The second-order valence-electron chi connectivity index (χ2n) is 7.59. The summed E-state index contributed by atoms with van der Waals surface area (Å²) in [5, 5.41) is 10.5.